The van der Waals surface area contributed by atoms with Gasteiger partial charge in [-0.05, 0) is 26.4 Å². The number of nitrogens with one attached hydrogen (secondary N) is 1. The van der Waals surface area contributed by atoms with Gasteiger partial charge in [0.1, 0.15) is 11.6 Å². The molecule has 9 heteroatoms. The lowest BCUT2D eigenvalue weighted by atomic mass is 10.2. The van der Waals surface area contributed by atoms with E-state index in [1.54, 1.807) is 7.05 Å². The minimum absolute atomic E-state index is 0.191. The van der Waals surface area contributed by atoms with Crippen LogP contribution >= 0.6 is 0 Å². The molecule has 0 aliphatic carbocycles. The van der Waals surface area contributed by atoms with Gasteiger partial charge in [-0.1, -0.05) is 13.8 Å². The van der Waals surface area contributed by atoms with Crippen LogP contribution in [0.25, 0.3) is 0 Å². The first kappa shape index (κ1) is 20.0. The van der Waals surface area contributed by atoms with Crippen LogP contribution < -0.4 is 5.32 Å². The highest BCUT2D eigenvalue weighted by atomic mass is 32.2. The highest BCUT2D eigenvalue weighted by molar-refractivity contribution is 7.86. The zero-order chi connectivity index (χ0) is 18.6. The van der Waals surface area contributed by atoms with E-state index in [1.165, 1.54) is 8.61 Å². The summed E-state index contributed by atoms with van der Waals surface area (Å²) in [6.45, 7) is 5.84. The molecule has 1 aromatic rings. The van der Waals surface area contributed by atoms with E-state index >= 15 is 0 Å². The van der Waals surface area contributed by atoms with Crippen molar-refractivity contribution in [1.29, 1.82) is 0 Å². The van der Waals surface area contributed by atoms with Crippen LogP contribution in [0.1, 0.15) is 44.2 Å². The third kappa shape index (κ3) is 4.46. The highest BCUT2D eigenvalue weighted by Gasteiger charge is 2.28. The van der Waals surface area contributed by atoms with Crippen molar-refractivity contribution in [3.05, 3.63) is 17.6 Å². The fourth-order valence-electron chi connectivity index (χ4n) is 3.17. The second-order valence-electron chi connectivity index (χ2n) is 6.34. The lowest BCUT2D eigenvalue weighted by Crippen LogP contribution is -2.41. The summed E-state index contributed by atoms with van der Waals surface area (Å²) in [6.07, 6.45) is 2.15. The van der Waals surface area contributed by atoms with Crippen LogP contribution in [0, 0.1) is 0 Å². The molecule has 1 aliphatic heterocycles. The predicted octanol–water partition coefficient (Wildman–Crippen LogP) is 1.30. The number of nitrogens with zero attached hydrogens (tertiary/aromatic N) is 5. The van der Waals surface area contributed by atoms with Gasteiger partial charge in [-0.25, -0.2) is 9.97 Å². The van der Waals surface area contributed by atoms with Gasteiger partial charge >= 0.3 is 0 Å². The molecule has 1 atom stereocenters. The molecular formula is C16H30N6O2S. The molecule has 0 bridgehead atoms. The van der Waals surface area contributed by atoms with E-state index in [0.717, 1.165) is 25.2 Å². The van der Waals surface area contributed by atoms with Gasteiger partial charge in [-0.2, -0.15) is 17.0 Å². The van der Waals surface area contributed by atoms with Crippen LogP contribution in [0.15, 0.2) is 6.07 Å². The fraction of sp³-hybridized carbons (Fsp3) is 0.750. The Kier molecular flexibility index (Phi) is 6.72. The second kappa shape index (κ2) is 8.39. The Bertz CT molecular complexity index is 677. The molecule has 1 N–H and O–H groups in total. The number of rotatable bonds is 8. The Morgan fingerprint density at radius 3 is 2.52 bits per heavy atom. The normalized spacial score (nSPS) is 19.1. The quantitative estimate of drug-likeness (QED) is 0.743. The first-order valence-electron chi connectivity index (χ1n) is 8.80. The molecule has 8 nitrogen and oxygen atoms in total. The summed E-state index contributed by atoms with van der Waals surface area (Å²) >= 11 is 0. The Morgan fingerprint density at radius 2 is 2.00 bits per heavy atom. The summed E-state index contributed by atoms with van der Waals surface area (Å²) in [5, 5.41) is 3.06. The summed E-state index contributed by atoms with van der Waals surface area (Å²) < 4.78 is 28.1. The summed E-state index contributed by atoms with van der Waals surface area (Å²) in [5.74, 6) is 1.48. The molecule has 2 heterocycles. The van der Waals surface area contributed by atoms with Crippen molar-refractivity contribution in [2.75, 3.05) is 46.1 Å². The van der Waals surface area contributed by atoms with Gasteiger partial charge in [0.2, 0.25) is 0 Å². The maximum Gasteiger partial charge on any atom is 0.282 e. The Balaban J connectivity index is 2.26. The zero-order valence-corrected chi connectivity index (χ0v) is 16.7. The SMILES string of the molecule is CCN(CC)S(=O)(=O)N(C)Cc1cc(NC)nc(C2CCCN2C)n1. The number of aromatic nitrogens is 2. The largest absolute Gasteiger partial charge is 0.373 e. The van der Waals surface area contributed by atoms with Crippen molar-refractivity contribution in [1.82, 2.24) is 23.5 Å². The third-order valence-corrected chi connectivity index (χ3v) is 6.77. The van der Waals surface area contributed by atoms with E-state index in [2.05, 4.69) is 27.2 Å². The standard InChI is InChI=1S/C16H30N6O2S/c1-6-22(7-2)25(23,24)21(5)12-13-11-15(17-3)19-16(18-13)14-9-8-10-20(14)4/h11,14H,6-10,12H2,1-5H3,(H,17,18,19). The average molecular weight is 371 g/mol. The molecule has 0 saturated carbocycles. The van der Waals surface area contributed by atoms with Crippen molar-refractivity contribution in [2.45, 2.75) is 39.3 Å². The summed E-state index contributed by atoms with van der Waals surface area (Å²) in [4.78, 5) is 11.5. The molecule has 1 fully saturated rings. The van der Waals surface area contributed by atoms with Crippen molar-refractivity contribution in [3.63, 3.8) is 0 Å². The van der Waals surface area contributed by atoms with Crippen LogP contribution in [0.5, 0.6) is 0 Å². The first-order valence-corrected chi connectivity index (χ1v) is 10.2. The van der Waals surface area contributed by atoms with Gasteiger partial charge in [-0.15, -0.1) is 0 Å². The Labute approximate surface area is 151 Å². The van der Waals surface area contributed by atoms with Gasteiger partial charge in [0, 0.05) is 33.3 Å². The van der Waals surface area contributed by atoms with Gasteiger partial charge < -0.3 is 5.32 Å². The van der Waals surface area contributed by atoms with Gasteiger partial charge in [-0.3, -0.25) is 4.90 Å². The predicted molar refractivity (Wildman–Crippen MR) is 99.5 cm³/mol. The smallest absolute Gasteiger partial charge is 0.282 e. The molecule has 1 saturated heterocycles. The number of hydrogen-bond donors (Lipinski definition) is 1. The van der Waals surface area contributed by atoms with Crippen molar-refractivity contribution < 1.29 is 8.42 Å². The van der Waals surface area contributed by atoms with E-state index in [0.29, 0.717) is 24.6 Å². The molecular weight excluding hydrogens is 340 g/mol. The van der Waals surface area contributed by atoms with E-state index in [4.69, 9.17) is 0 Å². The van der Waals surface area contributed by atoms with Crippen LogP contribution in [0.3, 0.4) is 0 Å². The van der Waals surface area contributed by atoms with Crippen LogP contribution in [0.2, 0.25) is 0 Å². The Hall–Kier alpha value is -1.29. The minimum Gasteiger partial charge on any atom is -0.373 e. The average Bonchev–Trinajstić information content (AvgIpc) is 3.01. The molecule has 0 radical (unpaired) electrons. The van der Waals surface area contributed by atoms with Gasteiger partial charge in [0.05, 0.1) is 18.3 Å². The fourth-order valence-corrected chi connectivity index (χ4v) is 4.51. The van der Waals surface area contributed by atoms with Crippen molar-refractivity contribution >= 4 is 16.0 Å². The van der Waals surface area contributed by atoms with E-state index in [-0.39, 0.29) is 12.6 Å². The summed E-state index contributed by atoms with van der Waals surface area (Å²) in [5.41, 5.74) is 0.702. The molecule has 2 rings (SSSR count). The second-order valence-corrected chi connectivity index (χ2v) is 8.37. The van der Waals surface area contributed by atoms with Crippen molar-refractivity contribution in [3.8, 4) is 0 Å². The minimum atomic E-state index is -3.49. The number of hydrogen-bond acceptors (Lipinski definition) is 6. The lowest BCUT2D eigenvalue weighted by molar-refractivity contribution is 0.304. The summed E-state index contributed by atoms with van der Waals surface area (Å²) in [6, 6.07) is 2.00. The van der Waals surface area contributed by atoms with E-state index in [1.807, 2.05) is 27.0 Å². The van der Waals surface area contributed by atoms with E-state index < -0.39 is 10.2 Å². The number of likely N-dealkylation sites (tertiary alicyclic amines) is 1. The molecule has 25 heavy (non-hydrogen) atoms. The molecule has 0 spiro atoms. The number of anilines is 1. The monoisotopic (exact) mass is 370 g/mol. The third-order valence-electron chi connectivity index (χ3n) is 4.68. The molecule has 1 unspecified atom stereocenters. The van der Waals surface area contributed by atoms with E-state index in [9.17, 15) is 8.42 Å². The molecule has 142 valence electrons. The zero-order valence-electron chi connectivity index (χ0n) is 15.9. The van der Waals surface area contributed by atoms with Crippen LogP contribution in [-0.2, 0) is 16.8 Å². The molecule has 1 aromatic heterocycles. The Morgan fingerprint density at radius 1 is 1.32 bits per heavy atom. The lowest BCUT2D eigenvalue weighted by Gasteiger charge is -2.26. The topological polar surface area (TPSA) is 81.7 Å². The van der Waals surface area contributed by atoms with Crippen LogP contribution in [-0.4, -0.2) is 72.7 Å². The maximum atomic E-state index is 12.6. The molecule has 0 aromatic carbocycles. The first-order chi connectivity index (χ1) is 11.8. The molecule has 1 aliphatic rings. The van der Waals surface area contributed by atoms with Crippen molar-refractivity contribution in [2.24, 2.45) is 0 Å². The maximum absolute atomic E-state index is 12.6. The summed E-state index contributed by atoms with van der Waals surface area (Å²) in [7, 11) is 1.99. The highest BCUT2D eigenvalue weighted by Crippen LogP contribution is 2.29. The molecule has 0 amide bonds. The van der Waals surface area contributed by atoms with Crippen LogP contribution in [0.4, 0.5) is 5.82 Å². The van der Waals surface area contributed by atoms with Gasteiger partial charge in [0.25, 0.3) is 10.2 Å². The van der Waals surface area contributed by atoms with Gasteiger partial charge in [0.15, 0.2) is 0 Å².